The van der Waals surface area contributed by atoms with Crippen molar-refractivity contribution in [1.82, 2.24) is 20.3 Å². The number of aromatic nitrogens is 3. The van der Waals surface area contributed by atoms with E-state index in [0.717, 1.165) is 22.0 Å². The van der Waals surface area contributed by atoms with E-state index in [2.05, 4.69) is 20.3 Å². The van der Waals surface area contributed by atoms with Crippen LogP contribution in [-0.2, 0) is 6.54 Å². The third kappa shape index (κ3) is 4.00. The number of carbonyl (C=O) groups is 1. The molecular formula is C18H19N5OS. The summed E-state index contributed by atoms with van der Waals surface area (Å²) in [5, 5.41) is 3.76. The smallest absolute Gasteiger partial charge is 0.263 e. The molecular weight excluding hydrogens is 334 g/mol. The minimum atomic E-state index is -0.137. The lowest BCUT2D eigenvalue weighted by Gasteiger charge is -2.11. The lowest BCUT2D eigenvalue weighted by atomic mass is 10.2. The van der Waals surface area contributed by atoms with Crippen molar-refractivity contribution in [3.05, 3.63) is 58.9 Å². The number of benzene rings is 1. The van der Waals surface area contributed by atoms with Gasteiger partial charge in [0.15, 0.2) is 0 Å². The van der Waals surface area contributed by atoms with Crippen LogP contribution in [0, 0.1) is 6.92 Å². The van der Waals surface area contributed by atoms with Crippen molar-refractivity contribution in [1.29, 1.82) is 0 Å². The fraction of sp³-hybridized carbons (Fsp3) is 0.222. The molecule has 0 aliphatic carbocycles. The summed E-state index contributed by atoms with van der Waals surface area (Å²) in [6, 6.07) is 11.7. The predicted molar refractivity (Wildman–Crippen MR) is 99.8 cm³/mol. The SMILES string of the molecule is Cc1nc(-c2ccccc2)sc1C(=O)NCc1ccnc(N(C)C)n1. The average Bonchev–Trinajstić information content (AvgIpc) is 3.02. The lowest BCUT2D eigenvalue weighted by molar-refractivity contribution is 0.0953. The van der Waals surface area contributed by atoms with Gasteiger partial charge in [0.05, 0.1) is 17.9 Å². The first-order valence-corrected chi connectivity index (χ1v) is 8.66. The second kappa shape index (κ2) is 7.40. The van der Waals surface area contributed by atoms with Gasteiger partial charge in [0, 0.05) is 25.9 Å². The predicted octanol–water partition coefficient (Wildman–Crippen LogP) is 2.90. The highest BCUT2D eigenvalue weighted by Gasteiger charge is 2.16. The van der Waals surface area contributed by atoms with Crippen LogP contribution in [0.4, 0.5) is 5.95 Å². The largest absolute Gasteiger partial charge is 0.347 e. The van der Waals surface area contributed by atoms with Gasteiger partial charge in [-0.2, -0.15) is 0 Å². The topological polar surface area (TPSA) is 71.0 Å². The van der Waals surface area contributed by atoms with Crippen molar-refractivity contribution in [2.45, 2.75) is 13.5 Å². The maximum absolute atomic E-state index is 12.5. The molecule has 1 N–H and O–H groups in total. The second-order valence-electron chi connectivity index (χ2n) is 5.72. The molecule has 0 radical (unpaired) electrons. The summed E-state index contributed by atoms with van der Waals surface area (Å²) in [5.74, 6) is 0.481. The van der Waals surface area contributed by atoms with Crippen LogP contribution in [-0.4, -0.2) is 35.0 Å². The Morgan fingerprint density at radius 3 is 2.64 bits per heavy atom. The second-order valence-corrected chi connectivity index (χ2v) is 6.72. The number of anilines is 1. The molecule has 1 aromatic carbocycles. The number of aryl methyl sites for hydroxylation is 1. The van der Waals surface area contributed by atoms with Crippen LogP contribution in [0.15, 0.2) is 42.6 Å². The molecule has 0 saturated carbocycles. The molecule has 0 spiro atoms. The lowest BCUT2D eigenvalue weighted by Crippen LogP contribution is -2.23. The van der Waals surface area contributed by atoms with Gasteiger partial charge in [-0.1, -0.05) is 30.3 Å². The Bertz CT molecular complexity index is 876. The van der Waals surface area contributed by atoms with Crippen LogP contribution >= 0.6 is 11.3 Å². The van der Waals surface area contributed by atoms with Crippen LogP contribution in [0.2, 0.25) is 0 Å². The summed E-state index contributed by atoms with van der Waals surface area (Å²) in [6.45, 7) is 2.20. The molecule has 7 heteroatoms. The van der Waals surface area contributed by atoms with Gasteiger partial charge in [-0.25, -0.2) is 15.0 Å². The van der Waals surface area contributed by atoms with Crippen molar-refractivity contribution >= 4 is 23.2 Å². The minimum Gasteiger partial charge on any atom is -0.347 e. The molecule has 25 heavy (non-hydrogen) atoms. The van der Waals surface area contributed by atoms with Gasteiger partial charge in [0.1, 0.15) is 9.88 Å². The number of hydrogen-bond donors (Lipinski definition) is 1. The summed E-state index contributed by atoms with van der Waals surface area (Å²) in [7, 11) is 3.76. The average molecular weight is 353 g/mol. The van der Waals surface area contributed by atoms with Crippen molar-refractivity contribution in [2.24, 2.45) is 0 Å². The standard InChI is InChI=1S/C18H19N5OS/c1-12-15(25-17(21-12)13-7-5-4-6-8-13)16(24)20-11-14-9-10-19-18(22-14)23(2)3/h4-10H,11H2,1-3H3,(H,20,24). The maximum Gasteiger partial charge on any atom is 0.263 e. The Labute approximate surface area is 150 Å². The van der Waals surface area contributed by atoms with E-state index in [0.29, 0.717) is 17.4 Å². The summed E-state index contributed by atoms with van der Waals surface area (Å²) in [4.78, 5) is 28.0. The summed E-state index contributed by atoms with van der Waals surface area (Å²) in [6.07, 6.45) is 1.69. The van der Waals surface area contributed by atoms with Crippen LogP contribution in [0.5, 0.6) is 0 Å². The number of rotatable bonds is 5. The van der Waals surface area contributed by atoms with E-state index in [1.54, 1.807) is 12.3 Å². The molecule has 0 aliphatic heterocycles. The molecule has 2 heterocycles. The molecule has 3 rings (SSSR count). The highest BCUT2D eigenvalue weighted by molar-refractivity contribution is 7.17. The molecule has 0 unspecified atom stereocenters. The zero-order valence-corrected chi connectivity index (χ0v) is 15.2. The Kier molecular flexibility index (Phi) is 5.04. The first-order chi connectivity index (χ1) is 12.0. The van der Waals surface area contributed by atoms with Gasteiger partial charge in [0.25, 0.3) is 5.91 Å². The first-order valence-electron chi connectivity index (χ1n) is 7.85. The molecule has 0 saturated heterocycles. The van der Waals surface area contributed by atoms with E-state index in [4.69, 9.17) is 0 Å². The molecule has 2 aromatic heterocycles. The number of carbonyl (C=O) groups excluding carboxylic acids is 1. The highest BCUT2D eigenvalue weighted by Crippen LogP contribution is 2.27. The van der Waals surface area contributed by atoms with Gasteiger partial charge in [0.2, 0.25) is 5.95 Å². The van der Waals surface area contributed by atoms with E-state index in [-0.39, 0.29) is 5.91 Å². The molecule has 0 bridgehead atoms. The first kappa shape index (κ1) is 17.0. The number of thiazole rings is 1. The van der Waals surface area contributed by atoms with Gasteiger partial charge < -0.3 is 10.2 Å². The van der Waals surface area contributed by atoms with Gasteiger partial charge >= 0.3 is 0 Å². The van der Waals surface area contributed by atoms with Crippen LogP contribution in [0.1, 0.15) is 21.1 Å². The molecule has 0 atom stereocenters. The quantitative estimate of drug-likeness (QED) is 0.764. The fourth-order valence-corrected chi connectivity index (χ4v) is 3.25. The zero-order chi connectivity index (χ0) is 17.8. The highest BCUT2D eigenvalue weighted by atomic mass is 32.1. The third-order valence-corrected chi connectivity index (χ3v) is 4.76. The Balaban J connectivity index is 1.72. The van der Waals surface area contributed by atoms with E-state index in [9.17, 15) is 4.79 Å². The van der Waals surface area contributed by atoms with E-state index < -0.39 is 0 Å². The van der Waals surface area contributed by atoms with Crippen molar-refractivity contribution < 1.29 is 4.79 Å². The maximum atomic E-state index is 12.5. The van der Waals surface area contributed by atoms with E-state index in [1.165, 1.54) is 11.3 Å². The summed E-state index contributed by atoms with van der Waals surface area (Å²) >= 11 is 1.40. The van der Waals surface area contributed by atoms with Crippen molar-refractivity contribution in [2.75, 3.05) is 19.0 Å². The monoisotopic (exact) mass is 353 g/mol. The minimum absolute atomic E-state index is 0.137. The van der Waals surface area contributed by atoms with E-state index >= 15 is 0 Å². The van der Waals surface area contributed by atoms with E-state index in [1.807, 2.05) is 56.3 Å². The number of amides is 1. The molecule has 6 nitrogen and oxygen atoms in total. The van der Waals surface area contributed by atoms with Crippen LogP contribution in [0.3, 0.4) is 0 Å². The van der Waals surface area contributed by atoms with Gasteiger partial charge in [-0.05, 0) is 13.0 Å². The van der Waals surface area contributed by atoms with Gasteiger partial charge in [-0.3, -0.25) is 4.79 Å². The Hall–Kier alpha value is -2.80. The molecule has 0 fully saturated rings. The summed E-state index contributed by atoms with van der Waals surface area (Å²) < 4.78 is 0. The van der Waals surface area contributed by atoms with Crippen molar-refractivity contribution in [3.63, 3.8) is 0 Å². The van der Waals surface area contributed by atoms with Crippen LogP contribution in [0.25, 0.3) is 10.6 Å². The molecule has 128 valence electrons. The zero-order valence-electron chi connectivity index (χ0n) is 14.4. The Morgan fingerprint density at radius 1 is 1.16 bits per heavy atom. The number of nitrogens with one attached hydrogen (secondary N) is 1. The third-order valence-electron chi connectivity index (χ3n) is 3.55. The molecule has 3 aromatic rings. The normalized spacial score (nSPS) is 10.5. The molecule has 1 amide bonds. The van der Waals surface area contributed by atoms with Crippen LogP contribution < -0.4 is 10.2 Å². The Morgan fingerprint density at radius 2 is 1.92 bits per heavy atom. The molecule has 0 aliphatic rings. The fourth-order valence-electron chi connectivity index (χ4n) is 2.26. The van der Waals surface area contributed by atoms with Gasteiger partial charge in [-0.15, -0.1) is 11.3 Å². The summed E-state index contributed by atoms with van der Waals surface area (Å²) in [5.41, 5.74) is 2.51. The van der Waals surface area contributed by atoms with Crippen molar-refractivity contribution in [3.8, 4) is 10.6 Å². The number of nitrogens with zero attached hydrogens (tertiary/aromatic N) is 4. The number of hydrogen-bond acceptors (Lipinski definition) is 6.